The van der Waals surface area contributed by atoms with Crippen LogP contribution in [-0.4, -0.2) is 60.0 Å². The highest BCUT2D eigenvalue weighted by molar-refractivity contribution is 7.99. The summed E-state index contributed by atoms with van der Waals surface area (Å²) in [7, 11) is 0. The van der Waals surface area contributed by atoms with Crippen molar-refractivity contribution in [3.05, 3.63) is 18.5 Å². The van der Waals surface area contributed by atoms with Gasteiger partial charge in [0.15, 0.2) is 5.16 Å². The first-order chi connectivity index (χ1) is 10.2. The van der Waals surface area contributed by atoms with Gasteiger partial charge < -0.3 is 15.5 Å². The first-order valence-electron chi connectivity index (χ1n) is 6.64. The number of rotatable bonds is 8. The fourth-order valence-corrected chi connectivity index (χ4v) is 2.18. The topological polar surface area (TPSA) is 109 Å². The molecule has 2 rings (SSSR count). The Morgan fingerprint density at radius 2 is 2.24 bits per heavy atom. The SMILES string of the molecule is CCCNc1nc(SCC(O)CO)nc(-n2cccn2)n1. The minimum atomic E-state index is -0.799. The van der Waals surface area contributed by atoms with Crippen LogP contribution < -0.4 is 5.32 Å². The minimum absolute atomic E-state index is 0.287. The van der Waals surface area contributed by atoms with Crippen LogP contribution in [0.2, 0.25) is 0 Å². The summed E-state index contributed by atoms with van der Waals surface area (Å²) >= 11 is 1.26. The molecule has 21 heavy (non-hydrogen) atoms. The molecule has 1 atom stereocenters. The van der Waals surface area contributed by atoms with Gasteiger partial charge in [0, 0.05) is 24.7 Å². The van der Waals surface area contributed by atoms with Crippen LogP contribution in [0.5, 0.6) is 0 Å². The van der Waals surface area contributed by atoms with E-state index in [4.69, 9.17) is 5.11 Å². The number of nitrogens with one attached hydrogen (secondary N) is 1. The summed E-state index contributed by atoms with van der Waals surface area (Å²) < 4.78 is 1.55. The molecule has 2 aromatic heterocycles. The molecule has 0 saturated heterocycles. The molecule has 0 spiro atoms. The predicted octanol–water partition coefficient (Wildman–Crippen LogP) is 0.324. The van der Waals surface area contributed by atoms with Gasteiger partial charge >= 0.3 is 0 Å². The van der Waals surface area contributed by atoms with Gasteiger partial charge in [0.05, 0.1) is 12.7 Å². The summed E-state index contributed by atoms with van der Waals surface area (Å²) in [6.07, 6.45) is 3.54. The fourth-order valence-electron chi connectivity index (χ4n) is 1.44. The molecule has 0 aromatic carbocycles. The largest absolute Gasteiger partial charge is 0.394 e. The molecule has 9 heteroatoms. The van der Waals surface area contributed by atoms with Crippen molar-refractivity contribution < 1.29 is 10.2 Å². The van der Waals surface area contributed by atoms with E-state index in [2.05, 4.69) is 32.3 Å². The Morgan fingerprint density at radius 1 is 1.38 bits per heavy atom. The van der Waals surface area contributed by atoms with Gasteiger partial charge in [-0.15, -0.1) is 0 Å². The Kier molecular flexibility index (Phi) is 5.90. The van der Waals surface area contributed by atoms with E-state index in [1.165, 1.54) is 11.8 Å². The van der Waals surface area contributed by atoms with E-state index in [0.717, 1.165) is 13.0 Å². The van der Waals surface area contributed by atoms with Crippen LogP contribution in [-0.2, 0) is 0 Å². The molecular formula is C12H18N6O2S. The van der Waals surface area contributed by atoms with Crippen LogP contribution in [0.25, 0.3) is 5.95 Å². The number of hydrogen-bond donors (Lipinski definition) is 3. The third-order valence-corrected chi connectivity index (χ3v) is 3.45. The number of aromatic nitrogens is 5. The highest BCUT2D eigenvalue weighted by Crippen LogP contribution is 2.17. The van der Waals surface area contributed by atoms with E-state index in [-0.39, 0.29) is 6.61 Å². The van der Waals surface area contributed by atoms with Crippen molar-refractivity contribution in [3.63, 3.8) is 0 Å². The molecule has 3 N–H and O–H groups in total. The van der Waals surface area contributed by atoms with Crippen molar-refractivity contribution in [2.24, 2.45) is 0 Å². The van der Waals surface area contributed by atoms with Gasteiger partial charge in [-0.1, -0.05) is 18.7 Å². The molecule has 0 radical (unpaired) electrons. The molecule has 114 valence electrons. The number of thioether (sulfide) groups is 1. The first-order valence-corrected chi connectivity index (χ1v) is 7.63. The number of aliphatic hydroxyl groups excluding tert-OH is 2. The highest BCUT2D eigenvalue weighted by Gasteiger charge is 2.11. The molecule has 0 amide bonds. The Labute approximate surface area is 126 Å². The molecule has 2 aromatic rings. The van der Waals surface area contributed by atoms with Gasteiger partial charge in [-0.3, -0.25) is 0 Å². The Morgan fingerprint density at radius 3 is 2.90 bits per heavy atom. The zero-order valence-electron chi connectivity index (χ0n) is 11.7. The quantitative estimate of drug-likeness (QED) is 0.598. The lowest BCUT2D eigenvalue weighted by Gasteiger charge is -2.09. The average Bonchev–Trinajstić information content (AvgIpc) is 3.04. The van der Waals surface area contributed by atoms with E-state index in [0.29, 0.717) is 22.8 Å². The fraction of sp³-hybridized carbons (Fsp3) is 0.500. The summed E-state index contributed by atoms with van der Waals surface area (Å²) in [5.41, 5.74) is 0. The molecule has 0 saturated carbocycles. The summed E-state index contributed by atoms with van der Waals surface area (Å²) in [5, 5.41) is 25.9. The Hall–Kier alpha value is -1.71. The molecular weight excluding hydrogens is 292 g/mol. The zero-order chi connectivity index (χ0) is 15.1. The molecule has 1 unspecified atom stereocenters. The molecule has 8 nitrogen and oxygen atoms in total. The second kappa shape index (κ2) is 7.91. The zero-order valence-corrected chi connectivity index (χ0v) is 12.5. The van der Waals surface area contributed by atoms with Crippen molar-refractivity contribution >= 4 is 17.7 Å². The Balaban J connectivity index is 2.20. The number of anilines is 1. The van der Waals surface area contributed by atoms with Crippen molar-refractivity contribution in [2.75, 3.05) is 24.2 Å². The maximum Gasteiger partial charge on any atom is 0.256 e. The van der Waals surface area contributed by atoms with Gasteiger partial charge in [-0.2, -0.15) is 20.1 Å². The summed E-state index contributed by atoms with van der Waals surface area (Å²) in [5.74, 6) is 1.19. The van der Waals surface area contributed by atoms with Crippen LogP contribution in [0, 0.1) is 0 Å². The number of nitrogens with zero attached hydrogens (tertiary/aromatic N) is 5. The van der Waals surface area contributed by atoms with Gasteiger partial charge in [-0.05, 0) is 12.5 Å². The molecule has 0 aliphatic heterocycles. The summed E-state index contributed by atoms with van der Waals surface area (Å²) in [6.45, 7) is 2.52. The predicted molar refractivity (Wildman–Crippen MR) is 79.5 cm³/mol. The van der Waals surface area contributed by atoms with Crippen LogP contribution >= 0.6 is 11.8 Å². The summed E-state index contributed by atoms with van der Waals surface area (Å²) in [6, 6.07) is 1.78. The van der Waals surface area contributed by atoms with Crippen molar-refractivity contribution in [3.8, 4) is 5.95 Å². The third-order valence-electron chi connectivity index (χ3n) is 2.46. The second-order valence-corrected chi connectivity index (χ2v) is 5.25. The highest BCUT2D eigenvalue weighted by atomic mass is 32.2. The standard InChI is InChI=1S/C12H18N6O2S/c1-2-4-13-10-15-11(18-6-3-5-14-18)17-12(16-10)21-8-9(20)7-19/h3,5-6,9,19-20H,2,4,7-8H2,1H3,(H,13,15,16,17). The van der Waals surface area contributed by atoms with Crippen molar-refractivity contribution in [2.45, 2.75) is 24.6 Å². The van der Waals surface area contributed by atoms with Gasteiger partial charge in [-0.25, -0.2) is 4.68 Å². The van der Waals surface area contributed by atoms with Crippen LogP contribution in [0.1, 0.15) is 13.3 Å². The van der Waals surface area contributed by atoms with Gasteiger partial charge in [0.1, 0.15) is 0 Å². The van der Waals surface area contributed by atoms with E-state index in [1.807, 2.05) is 0 Å². The van der Waals surface area contributed by atoms with Crippen molar-refractivity contribution in [1.82, 2.24) is 24.7 Å². The molecule has 0 fully saturated rings. The van der Waals surface area contributed by atoms with E-state index >= 15 is 0 Å². The average molecular weight is 310 g/mol. The van der Waals surface area contributed by atoms with Crippen LogP contribution in [0.3, 0.4) is 0 Å². The van der Waals surface area contributed by atoms with Gasteiger partial charge in [0.2, 0.25) is 5.95 Å². The second-order valence-electron chi connectivity index (χ2n) is 4.27. The molecule has 0 aliphatic rings. The Bertz CT molecular complexity index is 551. The number of aliphatic hydroxyl groups is 2. The maximum atomic E-state index is 9.41. The van der Waals surface area contributed by atoms with Gasteiger partial charge in [0.25, 0.3) is 5.95 Å². The minimum Gasteiger partial charge on any atom is -0.394 e. The van der Waals surface area contributed by atoms with Crippen LogP contribution in [0.15, 0.2) is 23.6 Å². The lowest BCUT2D eigenvalue weighted by atomic mass is 10.4. The monoisotopic (exact) mass is 310 g/mol. The molecule has 2 heterocycles. The summed E-state index contributed by atoms with van der Waals surface area (Å²) in [4.78, 5) is 12.9. The third kappa shape index (κ3) is 4.66. The molecule has 0 bridgehead atoms. The van der Waals surface area contributed by atoms with E-state index < -0.39 is 6.10 Å². The van der Waals surface area contributed by atoms with Crippen LogP contribution in [0.4, 0.5) is 5.95 Å². The van der Waals surface area contributed by atoms with Crippen molar-refractivity contribution in [1.29, 1.82) is 0 Å². The normalized spacial score (nSPS) is 12.3. The smallest absolute Gasteiger partial charge is 0.256 e. The van der Waals surface area contributed by atoms with E-state index in [9.17, 15) is 5.11 Å². The maximum absolute atomic E-state index is 9.41. The van der Waals surface area contributed by atoms with E-state index in [1.54, 1.807) is 23.1 Å². The number of hydrogen-bond acceptors (Lipinski definition) is 8. The lowest BCUT2D eigenvalue weighted by molar-refractivity contribution is 0.113. The lowest BCUT2D eigenvalue weighted by Crippen LogP contribution is -2.16. The first kappa shape index (κ1) is 15.7. The molecule has 0 aliphatic carbocycles.